The maximum Gasteiger partial charge on any atom is 0.270 e. The molecule has 9 heteroatoms. The Morgan fingerprint density at radius 1 is 1.07 bits per heavy atom. The Labute approximate surface area is 233 Å². The Kier molecular flexibility index (Phi) is 7.55. The first-order valence-corrected chi connectivity index (χ1v) is 13.5. The van der Waals surface area contributed by atoms with E-state index in [-0.39, 0.29) is 41.4 Å². The van der Waals surface area contributed by atoms with Crippen molar-refractivity contribution in [2.45, 2.75) is 51.9 Å². The number of nitrogens with zero attached hydrogens (tertiary/aromatic N) is 6. The van der Waals surface area contributed by atoms with Crippen molar-refractivity contribution < 1.29 is 9.13 Å². The van der Waals surface area contributed by atoms with E-state index in [4.69, 9.17) is 11.3 Å². The largest absolute Gasteiger partial charge is 0.475 e. The highest BCUT2D eigenvalue weighted by atomic mass is 19.1. The van der Waals surface area contributed by atoms with E-state index in [1.807, 2.05) is 38.1 Å². The summed E-state index contributed by atoms with van der Waals surface area (Å²) >= 11 is 0. The van der Waals surface area contributed by atoms with Crippen LogP contribution in [-0.4, -0.2) is 50.7 Å². The molecule has 1 aromatic carbocycles. The van der Waals surface area contributed by atoms with E-state index in [0.29, 0.717) is 30.0 Å². The topological polar surface area (TPSA) is 67.9 Å². The molecule has 0 saturated carbocycles. The number of pyridine rings is 3. The summed E-state index contributed by atoms with van der Waals surface area (Å²) in [5, 5.41) is 0. The van der Waals surface area contributed by atoms with Crippen LogP contribution in [0, 0.1) is 12.4 Å². The monoisotopic (exact) mass is 540 g/mol. The molecule has 4 heterocycles. The van der Waals surface area contributed by atoms with Crippen LogP contribution in [0.3, 0.4) is 0 Å². The Bertz CT molecular complexity index is 1630. The molecule has 5 rings (SSSR count). The van der Waals surface area contributed by atoms with Crippen molar-refractivity contribution in [3.05, 3.63) is 99.5 Å². The fourth-order valence-electron chi connectivity index (χ4n) is 5.56. The zero-order chi connectivity index (χ0) is 28.6. The number of hydrogen-bond acceptors (Lipinski definition) is 6. The van der Waals surface area contributed by atoms with Gasteiger partial charge in [-0.25, -0.2) is 9.37 Å². The van der Waals surface area contributed by atoms with E-state index < -0.39 is 0 Å². The summed E-state index contributed by atoms with van der Waals surface area (Å²) in [4.78, 5) is 30.2. The predicted molar refractivity (Wildman–Crippen MR) is 154 cm³/mol. The molecule has 3 atom stereocenters. The average Bonchev–Trinajstić information content (AvgIpc) is 2.94. The van der Waals surface area contributed by atoms with Crippen LogP contribution in [0.4, 0.5) is 15.9 Å². The molecule has 0 amide bonds. The summed E-state index contributed by atoms with van der Waals surface area (Å²) in [5.41, 5.74) is 3.78. The summed E-state index contributed by atoms with van der Waals surface area (Å²) in [6.07, 6.45) is 1.66. The second-order valence-electron chi connectivity index (χ2n) is 10.6. The van der Waals surface area contributed by atoms with E-state index >= 15 is 0 Å². The zero-order valence-corrected chi connectivity index (χ0v) is 23.4. The molecular formula is C31H33FN6O2. The summed E-state index contributed by atoms with van der Waals surface area (Å²) in [7, 11) is 1.72. The molecule has 1 aliphatic rings. The minimum atomic E-state index is -0.289. The number of ether oxygens (including phenoxy) is 1. The van der Waals surface area contributed by atoms with Gasteiger partial charge in [0.05, 0.1) is 23.3 Å². The molecule has 0 N–H and O–H groups in total. The van der Waals surface area contributed by atoms with Crippen LogP contribution < -0.4 is 15.2 Å². The third-order valence-electron chi connectivity index (χ3n) is 7.47. The maximum absolute atomic E-state index is 14.0. The first-order valence-electron chi connectivity index (χ1n) is 13.5. The molecular weight excluding hydrogens is 507 g/mol. The lowest BCUT2D eigenvalue weighted by Gasteiger charge is -2.48. The van der Waals surface area contributed by atoms with Gasteiger partial charge in [-0.15, -0.1) is 4.98 Å². The van der Waals surface area contributed by atoms with Gasteiger partial charge in [0, 0.05) is 50.0 Å². The molecule has 3 aromatic heterocycles. The van der Waals surface area contributed by atoms with Gasteiger partial charge in [0.25, 0.3) is 11.4 Å². The number of aryl methyl sites for hydroxylation is 1. The molecule has 8 nitrogen and oxygen atoms in total. The average molecular weight is 541 g/mol. The second kappa shape index (κ2) is 11.1. The molecule has 40 heavy (non-hydrogen) atoms. The maximum atomic E-state index is 14.0. The number of benzene rings is 1. The van der Waals surface area contributed by atoms with Crippen LogP contribution in [0.15, 0.2) is 65.6 Å². The second-order valence-corrected chi connectivity index (χ2v) is 10.6. The van der Waals surface area contributed by atoms with Gasteiger partial charge >= 0.3 is 0 Å². The quantitative estimate of drug-likeness (QED) is 0.301. The molecule has 0 radical (unpaired) electrons. The fraction of sp³-hybridized carbons (Fsp3) is 0.355. The number of fused-ring (bicyclic) bond motifs is 1. The van der Waals surface area contributed by atoms with Gasteiger partial charge in [0.1, 0.15) is 5.82 Å². The van der Waals surface area contributed by atoms with E-state index in [2.05, 4.69) is 38.5 Å². The van der Waals surface area contributed by atoms with Crippen molar-refractivity contribution in [1.29, 1.82) is 0 Å². The van der Waals surface area contributed by atoms with Crippen LogP contribution >= 0.6 is 0 Å². The highest BCUT2D eigenvalue weighted by molar-refractivity contribution is 5.89. The number of rotatable bonds is 6. The highest BCUT2D eigenvalue weighted by Gasteiger charge is 2.37. The van der Waals surface area contributed by atoms with Crippen LogP contribution in [0.5, 0.6) is 5.88 Å². The molecule has 1 unspecified atom stereocenters. The first-order chi connectivity index (χ1) is 19.2. The lowest BCUT2D eigenvalue weighted by atomic mass is 9.93. The predicted octanol–water partition coefficient (Wildman–Crippen LogP) is 5.49. The van der Waals surface area contributed by atoms with Gasteiger partial charge in [-0.1, -0.05) is 24.8 Å². The van der Waals surface area contributed by atoms with E-state index in [0.717, 1.165) is 16.8 Å². The number of halogens is 1. The molecule has 1 fully saturated rings. The van der Waals surface area contributed by atoms with Crippen molar-refractivity contribution in [1.82, 2.24) is 19.4 Å². The van der Waals surface area contributed by atoms with Crippen molar-refractivity contribution in [2.24, 2.45) is 7.05 Å². The van der Waals surface area contributed by atoms with Crippen LogP contribution in [0.25, 0.3) is 15.9 Å². The molecule has 0 bridgehead atoms. The number of aromatic nitrogens is 3. The Morgan fingerprint density at radius 3 is 2.52 bits per heavy atom. The Balaban J connectivity index is 1.57. The smallest absolute Gasteiger partial charge is 0.270 e. The molecule has 0 aliphatic carbocycles. The van der Waals surface area contributed by atoms with Crippen LogP contribution in [-0.2, 0) is 7.05 Å². The van der Waals surface area contributed by atoms with Crippen molar-refractivity contribution in [2.75, 3.05) is 18.0 Å². The minimum absolute atomic E-state index is 0.000936. The Hall–Kier alpha value is -4.29. The van der Waals surface area contributed by atoms with Crippen molar-refractivity contribution >= 4 is 22.5 Å². The van der Waals surface area contributed by atoms with Crippen LogP contribution in [0.1, 0.15) is 44.9 Å². The summed E-state index contributed by atoms with van der Waals surface area (Å²) in [5.74, 6) is 0.558. The van der Waals surface area contributed by atoms with E-state index in [1.165, 1.54) is 12.1 Å². The summed E-state index contributed by atoms with van der Waals surface area (Å²) in [6, 6.07) is 15.4. The van der Waals surface area contributed by atoms with Gasteiger partial charge < -0.3 is 19.0 Å². The summed E-state index contributed by atoms with van der Waals surface area (Å²) in [6.45, 7) is 16.9. The van der Waals surface area contributed by atoms with Gasteiger partial charge in [0.15, 0.2) is 0 Å². The van der Waals surface area contributed by atoms with Gasteiger partial charge in [-0.05, 0) is 63.6 Å². The molecule has 206 valence electrons. The van der Waals surface area contributed by atoms with E-state index in [9.17, 15) is 9.18 Å². The fourth-order valence-corrected chi connectivity index (χ4v) is 5.56. The first kappa shape index (κ1) is 27.3. The highest BCUT2D eigenvalue weighted by Crippen LogP contribution is 2.39. The normalized spacial score (nSPS) is 18.6. The summed E-state index contributed by atoms with van der Waals surface area (Å²) < 4.78 is 21.6. The number of hydrogen-bond donors (Lipinski definition) is 0. The zero-order valence-electron chi connectivity index (χ0n) is 23.4. The standard InChI is InChI=1S/C31H33FN6O2/c1-19(2)40-31-24(8-7-15-34-31)30(22-9-11-23(32)12-10-22)38-18-20(3)37(17-21(38)4)26-16-28(39)36(6)25-13-14-27(33-5)35-29(25)26/h7-16,19-21,30H,17-18H2,1-4,6H3/t20-,21+,30?/m0/s1. The third-order valence-corrected chi connectivity index (χ3v) is 7.47. The molecule has 0 spiro atoms. The van der Waals surface area contributed by atoms with Crippen LogP contribution in [0.2, 0.25) is 0 Å². The SMILES string of the molecule is [C-]#[N+]c1ccc2c(n1)c(N1C[C@@H](C)N(C(c3ccc(F)cc3)c3cccnc3OC(C)C)C[C@@H]1C)cc(=O)n2C. The number of piperazine rings is 1. The Morgan fingerprint density at radius 2 is 1.82 bits per heavy atom. The lowest BCUT2D eigenvalue weighted by molar-refractivity contribution is 0.125. The van der Waals surface area contributed by atoms with Crippen molar-refractivity contribution in [3.63, 3.8) is 0 Å². The lowest BCUT2D eigenvalue weighted by Crippen LogP contribution is -2.57. The van der Waals surface area contributed by atoms with Gasteiger partial charge in [0.2, 0.25) is 11.4 Å². The number of anilines is 1. The molecule has 1 saturated heterocycles. The van der Waals surface area contributed by atoms with E-state index in [1.54, 1.807) is 36.0 Å². The van der Waals surface area contributed by atoms with Gasteiger partial charge in [-0.3, -0.25) is 9.69 Å². The minimum Gasteiger partial charge on any atom is -0.475 e. The molecule has 4 aromatic rings. The van der Waals surface area contributed by atoms with Crippen molar-refractivity contribution in [3.8, 4) is 5.88 Å². The molecule has 1 aliphatic heterocycles. The van der Waals surface area contributed by atoms with Gasteiger partial charge in [-0.2, -0.15) is 0 Å². The third kappa shape index (κ3) is 5.15.